The number of phenols is 1. The fraction of sp³-hybridized carbons (Fsp3) is 0.308. The van der Waals surface area contributed by atoms with Gasteiger partial charge in [0.1, 0.15) is 10.8 Å². The molecule has 104 valence electrons. The maximum atomic E-state index is 9.46. The Morgan fingerprint density at radius 2 is 2.00 bits per heavy atom. The predicted octanol–water partition coefficient (Wildman–Crippen LogP) is 3.51. The second-order valence-corrected chi connectivity index (χ2v) is 6.90. The van der Waals surface area contributed by atoms with Crippen LogP contribution in [0.5, 0.6) is 5.75 Å². The maximum Gasteiger partial charge on any atom is 0.235 e. The molecule has 0 amide bonds. The molecule has 0 unspecified atom stereocenters. The molecule has 2 heterocycles. The topological polar surface area (TPSA) is 63.3 Å². The number of aromatic hydroxyl groups is 1. The number of hydrogen-bond donors (Lipinski definition) is 1. The van der Waals surface area contributed by atoms with Crippen LogP contribution in [0.4, 0.5) is 0 Å². The van der Waals surface area contributed by atoms with Crippen LogP contribution in [0, 0.1) is 0 Å². The third-order valence-electron chi connectivity index (χ3n) is 2.86. The molecule has 0 aliphatic heterocycles. The number of benzene rings is 1. The Balaban J connectivity index is 2.14. The van der Waals surface area contributed by atoms with Crippen molar-refractivity contribution in [3.05, 3.63) is 29.0 Å². The molecule has 0 saturated carbocycles. The van der Waals surface area contributed by atoms with Gasteiger partial charge >= 0.3 is 0 Å². The van der Waals surface area contributed by atoms with Gasteiger partial charge < -0.3 is 5.11 Å². The van der Waals surface area contributed by atoms with Crippen molar-refractivity contribution in [3.63, 3.8) is 0 Å². The highest BCUT2D eigenvalue weighted by molar-refractivity contribution is 7.19. The first-order valence-corrected chi connectivity index (χ1v) is 7.27. The van der Waals surface area contributed by atoms with Crippen LogP contribution in [0.25, 0.3) is 15.5 Å². The standard InChI is InChI=1S/C13H13ClN4OS/c1-13(2,3)11-15-16-12-18(11)17-10(20-12)7-4-5-9(19)8(14)6-7/h4-6,19H,1-3H3. The minimum atomic E-state index is -0.128. The van der Waals surface area contributed by atoms with Gasteiger partial charge in [-0.05, 0) is 18.2 Å². The van der Waals surface area contributed by atoms with Gasteiger partial charge in [-0.3, -0.25) is 0 Å². The molecule has 7 heteroatoms. The number of fused-ring (bicyclic) bond motifs is 1. The van der Waals surface area contributed by atoms with E-state index in [1.54, 1.807) is 22.7 Å². The normalized spacial score (nSPS) is 12.2. The van der Waals surface area contributed by atoms with Crippen molar-refractivity contribution >= 4 is 27.9 Å². The summed E-state index contributed by atoms with van der Waals surface area (Å²) in [5, 5.41) is 23.5. The number of hydrogen-bond acceptors (Lipinski definition) is 5. The minimum Gasteiger partial charge on any atom is -0.506 e. The number of halogens is 1. The summed E-state index contributed by atoms with van der Waals surface area (Å²) in [6.45, 7) is 6.21. The van der Waals surface area contributed by atoms with Gasteiger partial charge in [0.2, 0.25) is 4.96 Å². The second kappa shape index (κ2) is 4.43. The summed E-state index contributed by atoms with van der Waals surface area (Å²) in [4.78, 5) is 0.745. The van der Waals surface area contributed by atoms with Crippen molar-refractivity contribution in [2.75, 3.05) is 0 Å². The summed E-state index contributed by atoms with van der Waals surface area (Å²) in [6, 6.07) is 5.04. The summed E-state index contributed by atoms with van der Waals surface area (Å²) in [6.07, 6.45) is 0. The van der Waals surface area contributed by atoms with Crippen LogP contribution in [0.3, 0.4) is 0 Å². The molecular weight excluding hydrogens is 296 g/mol. The Bertz CT molecular complexity index is 787. The van der Waals surface area contributed by atoms with E-state index < -0.39 is 0 Å². The van der Waals surface area contributed by atoms with Crippen LogP contribution in [0.2, 0.25) is 5.02 Å². The summed E-state index contributed by atoms with van der Waals surface area (Å²) in [5.41, 5.74) is 0.723. The number of aromatic nitrogens is 4. The SMILES string of the molecule is CC(C)(C)c1nnc2sc(-c3ccc(O)c(Cl)c3)nn12. The van der Waals surface area contributed by atoms with Gasteiger partial charge in [0, 0.05) is 11.0 Å². The zero-order valence-corrected chi connectivity index (χ0v) is 12.8. The summed E-state index contributed by atoms with van der Waals surface area (Å²) < 4.78 is 1.76. The van der Waals surface area contributed by atoms with Gasteiger partial charge in [-0.1, -0.05) is 43.7 Å². The summed E-state index contributed by atoms with van der Waals surface area (Å²) in [5.74, 6) is 0.883. The fourth-order valence-corrected chi connectivity index (χ4v) is 2.86. The smallest absolute Gasteiger partial charge is 0.235 e. The number of nitrogens with zero attached hydrogens (tertiary/aromatic N) is 4. The van der Waals surface area contributed by atoms with Gasteiger partial charge in [-0.15, -0.1) is 10.2 Å². The van der Waals surface area contributed by atoms with Gasteiger partial charge in [0.25, 0.3) is 0 Å². The number of rotatable bonds is 1. The molecule has 1 N–H and O–H groups in total. The molecule has 0 saturated heterocycles. The first-order valence-electron chi connectivity index (χ1n) is 6.08. The van der Waals surface area contributed by atoms with Gasteiger partial charge in [-0.25, -0.2) is 0 Å². The van der Waals surface area contributed by atoms with Crippen LogP contribution in [0.1, 0.15) is 26.6 Å². The molecule has 20 heavy (non-hydrogen) atoms. The van der Waals surface area contributed by atoms with Crippen molar-refractivity contribution in [2.24, 2.45) is 0 Å². The lowest BCUT2D eigenvalue weighted by Gasteiger charge is -2.13. The maximum absolute atomic E-state index is 9.46. The van der Waals surface area contributed by atoms with Gasteiger partial charge in [0.15, 0.2) is 5.82 Å². The lowest BCUT2D eigenvalue weighted by molar-refractivity contribution is 0.475. The second-order valence-electron chi connectivity index (χ2n) is 5.54. The highest BCUT2D eigenvalue weighted by Crippen LogP contribution is 2.32. The van der Waals surface area contributed by atoms with E-state index >= 15 is 0 Å². The average molecular weight is 309 g/mol. The molecule has 1 aromatic carbocycles. The van der Waals surface area contributed by atoms with E-state index in [-0.39, 0.29) is 11.2 Å². The van der Waals surface area contributed by atoms with Crippen molar-refractivity contribution in [3.8, 4) is 16.3 Å². The van der Waals surface area contributed by atoms with E-state index in [2.05, 4.69) is 36.1 Å². The Kier molecular flexibility index (Phi) is 2.95. The highest BCUT2D eigenvalue weighted by atomic mass is 35.5. The van der Waals surface area contributed by atoms with Crippen LogP contribution in [-0.4, -0.2) is 24.9 Å². The van der Waals surface area contributed by atoms with E-state index in [0.717, 1.165) is 21.4 Å². The lowest BCUT2D eigenvalue weighted by atomic mass is 9.96. The van der Waals surface area contributed by atoms with E-state index in [1.165, 1.54) is 11.3 Å². The molecule has 3 rings (SSSR count). The average Bonchev–Trinajstić information content (AvgIpc) is 2.90. The molecule has 2 aromatic heterocycles. The van der Waals surface area contributed by atoms with E-state index in [0.29, 0.717) is 5.02 Å². The molecular formula is C13H13ClN4OS. The van der Waals surface area contributed by atoms with Crippen LogP contribution < -0.4 is 0 Å². The first-order chi connectivity index (χ1) is 9.36. The molecule has 5 nitrogen and oxygen atoms in total. The van der Waals surface area contributed by atoms with E-state index in [1.807, 2.05) is 0 Å². The molecule has 0 fully saturated rings. The minimum absolute atomic E-state index is 0.0637. The van der Waals surface area contributed by atoms with Crippen LogP contribution in [0.15, 0.2) is 18.2 Å². The molecule has 3 aromatic rings. The molecule has 0 aliphatic carbocycles. The molecule has 0 bridgehead atoms. The zero-order valence-electron chi connectivity index (χ0n) is 11.3. The highest BCUT2D eigenvalue weighted by Gasteiger charge is 2.23. The molecule has 0 radical (unpaired) electrons. The van der Waals surface area contributed by atoms with Crippen LogP contribution in [-0.2, 0) is 5.41 Å². The van der Waals surface area contributed by atoms with Gasteiger partial charge in [-0.2, -0.15) is 9.61 Å². The Morgan fingerprint density at radius 1 is 1.25 bits per heavy atom. The third kappa shape index (κ3) is 2.14. The fourth-order valence-electron chi connectivity index (χ4n) is 1.84. The van der Waals surface area contributed by atoms with E-state index in [4.69, 9.17) is 11.6 Å². The van der Waals surface area contributed by atoms with Crippen molar-refractivity contribution in [1.82, 2.24) is 19.8 Å². The lowest BCUT2D eigenvalue weighted by Crippen LogP contribution is -2.16. The summed E-state index contributed by atoms with van der Waals surface area (Å²) >= 11 is 7.37. The zero-order chi connectivity index (χ0) is 14.5. The monoisotopic (exact) mass is 308 g/mol. The molecule has 0 aliphatic rings. The predicted molar refractivity (Wildman–Crippen MR) is 79.5 cm³/mol. The molecule has 0 atom stereocenters. The van der Waals surface area contributed by atoms with Gasteiger partial charge in [0.05, 0.1) is 5.02 Å². The number of phenolic OH excluding ortho intramolecular Hbond substituents is 1. The Morgan fingerprint density at radius 3 is 2.65 bits per heavy atom. The van der Waals surface area contributed by atoms with Crippen molar-refractivity contribution < 1.29 is 5.11 Å². The van der Waals surface area contributed by atoms with Crippen molar-refractivity contribution in [1.29, 1.82) is 0 Å². The van der Waals surface area contributed by atoms with E-state index in [9.17, 15) is 5.11 Å². The molecule has 0 spiro atoms. The Labute approximate surface area is 124 Å². The summed E-state index contributed by atoms with van der Waals surface area (Å²) in [7, 11) is 0. The largest absolute Gasteiger partial charge is 0.506 e. The first kappa shape index (κ1) is 13.3. The quantitative estimate of drug-likeness (QED) is 0.747. The van der Waals surface area contributed by atoms with Crippen molar-refractivity contribution in [2.45, 2.75) is 26.2 Å². The third-order valence-corrected chi connectivity index (χ3v) is 4.11. The Hall–Kier alpha value is -1.66. The van der Waals surface area contributed by atoms with Crippen LogP contribution >= 0.6 is 22.9 Å².